The Labute approximate surface area is 77.3 Å². The van der Waals surface area contributed by atoms with Crippen molar-refractivity contribution in [1.29, 1.82) is 0 Å². The van der Waals surface area contributed by atoms with Crippen LogP contribution < -0.4 is 0 Å². The van der Waals surface area contributed by atoms with Crippen LogP contribution in [0.2, 0.25) is 0 Å². The zero-order chi connectivity index (χ0) is 9.83. The monoisotopic (exact) mass is 169 g/mol. The van der Waals surface area contributed by atoms with E-state index in [0.717, 1.165) is 0 Å². The lowest BCUT2D eigenvalue weighted by Crippen LogP contribution is -2.40. The molecule has 0 bridgehead atoms. The molecule has 0 saturated carbocycles. The summed E-state index contributed by atoms with van der Waals surface area (Å²) in [6.07, 6.45) is 3.56. The lowest BCUT2D eigenvalue weighted by Gasteiger charge is -2.42. The van der Waals surface area contributed by atoms with E-state index in [4.69, 9.17) is 0 Å². The molecule has 0 aromatic carbocycles. The van der Waals surface area contributed by atoms with E-state index in [-0.39, 0.29) is 5.54 Å². The van der Waals surface area contributed by atoms with Crippen LogP contribution in [-0.4, -0.2) is 12.3 Å². The minimum absolute atomic E-state index is 0.0191. The van der Waals surface area contributed by atoms with E-state index in [2.05, 4.69) is 46.3 Å². The van der Waals surface area contributed by atoms with Crippen molar-refractivity contribution in [3.8, 4) is 0 Å². The predicted molar refractivity (Wildman–Crippen MR) is 56.9 cm³/mol. The summed E-state index contributed by atoms with van der Waals surface area (Å²) in [5.41, 5.74) is 0.361. The van der Waals surface area contributed by atoms with Gasteiger partial charge in [-0.25, -0.2) is 0 Å². The van der Waals surface area contributed by atoms with Crippen LogP contribution in [0.25, 0.3) is 0 Å². The molecular formula is C11H23N. The summed E-state index contributed by atoms with van der Waals surface area (Å²) in [4.78, 5) is 4.26. The Bertz CT molecular complexity index is 135. The highest BCUT2D eigenvalue weighted by Gasteiger charge is 2.39. The first-order chi connectivity index (χ1) is 5.49. The van der Waals surface area contributed by atoms with E-state index in [1.165, 1.54) is 19.3 Å². The molecule has 72 valence electrons. The molecule has 12 heavy (non-hydrogen) atoms. The van der Waals surface area contributed by atoms with E-state index >= 15 is 0 Å². The molecule has 0 amide bonds. The fourth-order valence-electron chi connectivity index (χ4n) is 2.22. The molecule has 0 spiro atoms. The Morgan fingerprint density at radius 2 is 1.33 bits per heavy atom. The molecule has 0 aliphatic rings. The zero-order valence-corrected chi connectivity index (χ0v) is 9.28. The van der Waals surface area contributed by atoms with Gasteiger partial charge in [0, 0.05) is 0 Å². The topological polar surface area (TPSA) is 12.4 Å². The van der Waals surface area contributed by atoms with E-state index in [1.807, 2.05) is 0 Å². The quantitative estimate of drug-likeness (QED) is 0.557. The summed E-state index contributed by atoms with van der Waals surface area (Å²) < 4.78 is 0. The van der Waals surface area contributed by atoms with Gasteiger partial charge in [0.05, 0.1) is 5.54 Å². The summed E-state index contributed by atoms with van der Waals surface area (Å²) in [7, 11) is 0. The highest BCUT2D eigenvalue weighted by atomic mass is 14.8. The Balaban J connectivity index is 4.81. The van der Waals surface area contributed by atoms with Gasteiger partial charge in [-0.2, -0.15) is 0 Å². The zero-order valence-electron chi connectivity index (χ0n) is 9.28. The first-order valence-corrected chi connectivity index (χ1v) is 4.97. The van der Waals surface area contributed by atoms with Gasteiger partial charge in [-0.15, -0.1) is 0 Å². The van der Waals surface area contributed by atoms with Crippen LogP contribution in [0.4, 0.5) is 0 Å². The third-order valence-corrected chi connectivity index (χ3v) is 3.72. The van der Waals surface area contributed by atoms with Crippen molar-refractivity contribution >= 4 is 6.72 Å². The van der Waals surface area contributed by atoms with Gasteiger partial charge in [0.1, 0.15) is 0 Å². The van der Waals surface area contributed by atoms with Crippen LogP contribution in [-0.2, 0) is 0 Å². The standard InChI is InChI=1S/C11H23N/c1-7-11(8-2,9-3)10(4,5)12-6/h6-9H2,1-5H3. The first-order valence-electron chi connectivity index (χ1n) is 4.97. The van der Waals surface area contributed by atoms with Crippen molar-refractivity contribution in [2.24, 2.45) is 10.4 Å². The number of aliphatic imine (C=N–C) groups is 1. The van der Waals surface area contributed by atoms with E-state index in [0.29, 0.717) is 5.41 Å². The molecule has 0 radical (unpaired) electrons. The lowest BCUT2D eigenvalue weighted by molar-refractivity contribution is 0.131. The second kappa shape index (κ2) is 4.06. The molecule has 0 rings (SSSR count). The number of rotatable bonds is 5. The van der Waals surface area contributed by atoms with Crippen LogP contribution in [0.1, 0.15) is 53.9 Å². The smallest absolute Gasteiger partial charge is 0.0600 e. The molecular weight excluding hydrogens is 146 g/mol. The third-order valence-electron chi connectivity index (χ3n) is 3.72. The molecule has 0 aromatic rings. The number of hydrogen-bond donors (Lipinski definition) is 0. The Hall–Kier alpha value is -0.330. The largest absolute Gasteiger partial charge is 0.294 e. The predicted octanol–water partition coefficient (Wildman–Crippen LogP) is 3.68. The third kappa shape index (κ3) is 1.70. The highest BCUT2D eigenvalue weighted by Crippen LogP contribution is 2.43. The van der Waals surface area contributed by atoms with Crippen molar-refractivity contribution in [1.82, 2.24) is 0 Å². The van der Waals surface area contributed by atoms with Crippen molar-refractivity contribution in [3.63, 3.8) is 0 Å². The summed E-state index contributed by atoms with van der Waals surface area (Å²) >= 11 is 0. The SMILES string of the molecule is C=NC(C)(C)C(CC)(CC)CC. The van der Waals surface area contributed by atoms with Gasteiger partial charge in [-0.05, 0) is 45.2 Å². The normalized spacial score (nSPS) is 13.1. The maximum Gasteiger partial charge on any atom is 0.0600 e. The average Bonchev–Trinajstić information content (AvgIpc) is 2.08. The fourth-order valence-corrected chi connectivity index (χ4v) is 2.22. The van der Waals surface area contributed by atoms with Gasteiger partial charge in [0.2, 0.25) is 0 Å². The van der Waals surface area contributed by atoms with E-state index < -0.39 is 0 Å². The molecule has 0 atom stereocenters. The van der Waals surface area contributed by atoms with Gasteiger partial charge < -0.3 is 0 Å². The molecule has 0 saturated heterocycles. The second-order valence-electron chi connectivity index (χ2n) is 4.06. The van der Waals surface area contributed by atoms with Gasteiger partial charge in [-0.3, -0.25) is 4.99 Å². The molecule has 0 fully saturated rings. The summed E-state index contributed by atoms with van der Waals surface area (Å²) in [5.74, 6) is 0. The summed E-state index contributed by atoms with van der Waals surface area (Å²) in [5, 5.41) is 0. The molecule has 0 N–H and O–H groups in total. The Kier molecular flexibility index (Phi) is 3.95. The van der Waals surface area contributed by atoms with Gasteiger partial charge in [0.25, 0.3) is 0 Å². The minimum Gasteiger partial charge on any atom is -0.294 e. The Morgan fingerprint density at radius 3 is 1.42 bits per heavy atom. The maximum absolute atomic E-state index is 4.26. The highest BCUT2D eigenvalue weighted by molar-refractivity contribution is 5.26. The lowest BCUT2D eigenvalue weighted by atomic mass is 9.66. The van der Waals surface area contributed by atoms with Crippen LogP contribution in [0.5, 0.6) is 0 Å². The van der Waals surface area contributed by atoms with Crippen LogP contribution >= 0.6 is 0 Å². The molecule has 0 aliphatic heterocycles. The second-order valence-corrected chi connectivity index (χ2v) is 4.06. The van der Waals surface area contributed by atoms with Crippen molar-refractivity contribution in [2.45, 2.75) is 59.4 Å². The summed E-state index contributed by atoms with van der Waals surface area (Å²) in [6, 6.07) is 0. The molecule has 0 aliphatic carbocycles. The van der Waals surface area contributed by atoms with Crippen LogP contribution in [0.3, 0.4) is 0 Å². The molecule has 0 aromatic heterocycles. The molecule has 0 heterocycles. The number of nitrogens with zero attached hydrogens (tertiary/aromatic N) is 1. The van der Waals surface area contributed by atoms with E-state index in [1.54, 1.807) is 0 Å². The summed E-state index contributed by atoms with van der Waals surface area (Å²) in [6.45, 7) is 14.8. The minimum atomic E-state index is 0.0191. The fraction of sp³-hybridized carbons (Fsp3) is 0.909. The molecule has 0 unspecified atom stereocenters. The maximum atomic E-state index is 4.26. The average molecular weight is 169 g/mol. The van der Waals surface area contributed by atoms with Gasteiger partial charge in [0.15, 0.2) is 0 Å². The van der Waals surface area contributed by atoms with E-state index in [9.17, 15) is 0 Å². The van der Waals surface area contributed by atoms with Crippen molar-refractivity contribution in [2.75, 3.05) is 0 Å². The Morgan fingerprint density at radius 1 is 1.00 bits per heavy atom. The van der Waals surface area contributed by atoms with Gasteiger partial charge in [-0.1, -0.05) is 20.8 Å². The number of hydrogen-bond acceptors (Lipinski definition) is 1. The molecule has 1 nitrogen and oxygen atoms in total. The molecule has 1 heteroatoms. The van der Waals surface area contributed by atoms with Crippen LogP contribution in [0.15, 0.2) is 4.99 Å². The van der Waals surface area contributed by atoms with Crippen LogP contribution in [0, 0.1) is 5.41 Å². The first kappa shape index (κ1) is 11.7. The van der Waals surface area contributed by atoms with Gasteiger partial charge >= 0.3 is 0 Å². The van der Waals surface area contributed by atoms with Crippen molar-refractivity contribution in [3.05, 3.63) is 0 Å². The van der Waals surface area contributed by atoms with Crippen molar-refractivity contribution < 1.29 is 0 Å².